The molecule has 0 amide bonds. The van der Waals surface area contributed by atoms with E-state index in [0.29, 0.717) is 6.42 Å². The van der Waals surface area contributed by atoms with Gasteiger partial charge in [-0.15, -0.1) is 0 Å². The van der Waals surface area contributed by atoms with Crippen LogP contribution in [0, 0.1) is 6.92 Å². The van der Waals surface area contributed by atoms with Gasteiger partial charge in [-0.1, -0.05) is 36.8 Å². The molecule has 0 saturated carbocycles. The number of hydrogen-bond acceptors (Lipinski definition) is 3. The molecule has 1 aromatic heterocycles. The van der Waals surface area contributed by atoms with Gasteiger partial charge in [0.05, 0.1) is 6.10 Å². The standard InChI is InChI=1S/C16H23N3O/c1-3-10-19-16(17-12-18-19)11-15(20)9-8-14-6-4-13(2)5-7-14/h4-7,12,15,20H,3,8-11H2,1-2H3. The number of benzene rings is 1. The molecular formula is C16H23N3O. The Morgan fingerprint density at radius 2 is 2.00 bits per heavy atom. The molecule has 0 spiro atoms. The summed E-state index contributed by atoms with van der Waals surface area (Å²) in [6.07, 6.45) is 4.45. The third kappa shape index (κ3) is 4.17. The number of aliphatic hydroxyl groups excluding tert-OH is 1. The molecule has 0 aliphatic rings. The molecule has 4 heteroatoms. The van der Waals surface area contributed by atoms with E-state index in [0.717, 1.165) is 31.6 Å². The van der Waals surface area contributed by atoms with Gasteiger partial charge in [-0.3, -0.25) is 4.68 Å². The summed E-state index contributed by atoms with van der Waals surface area (Å²) in [5.74, 6) is 0.878. The summed E-state index contributed by atoms with van der Waals surface area (Å²) in [5.41, 5.74) is 2.53. The third-order valence-corrected chi connectivity index (χ3v) is 3.44. The largest absolute Gasteiger partial charge is 0.393 e. The fourth-order valence-corrected chi connectivity index (χ4v) is 2.25. The molecule has 1 aromatic carbocycles. The lowest BCUT2D eigenvalue weighted by Crippen LogP contribution is -2.16. The van der Waals surface area contributed by atoms with E-state index in [-0.39, 0.29) is 6.10 Å². The lowest BCUT2D eigenvalue weighted by molar-refractivity contribution is 0.161. The fraction of sp³-hybridized carbons (Fsp3) is 0.500. The van der Waals surface area contributed by atoms with Crippen LogP contribution in [0.25, 0.3) is 0 Å². The minimum absolute atomic E-state index is 0.365. The first-order valence-corrected chi connectivity index (χ1v) is 7.29. The zero-order valence-electron chi connectivity index (χ0n) is 12.3. The van der Waals surface area contributed by atoms with Crippen molar-refractivity contribution in [1.82, 2.24) is 14.8 Å². The van der Waals surface area contributed by atoms with E-state index in [9.17, 15) is 5.11 Å². The first-order valence-electron chi connectivity index (χ1n) is 7.29. The van der Waals surface area contributed by atoms with E-state index in [4.69, 9.17) is 0 Å². The predicted molar refractivity (Wildman–Crippen MR) is 79.5 cm³/mol. The molecule has 1 N–H and O–H groups in total. The van der Waals surface area contributed by atoms with Crippen molar-refractivity contribution in [3.8, 4) is 0 Å². The molecule has 0 bridgehead atoms. The summed E-state index contributed by atoms with van der Waals surface area (Å²) >= 11 is 0. The van der Waals surface area contributed by atoms with Gasteiger partial charge in [0.25, 0.3) is 0 Å². The summed E-state index contributed by atoms with van der Waals surface area (Å²) in [7, 11) is 0. The molecule has 0 aliphatic carbocycles. The molecule has 0 saturated heterocycles. The Morgan fingerprint density at radius 3 is 2.70 bits per heavy atom. The first kappa shape index (κ1) is 14.7. The Bertz CT molecular complexity index is 519. The van der Waals surface area contributed by atoms with Gasteiger partial charge < -0.3 is 5.11 Å². The Kier molecular flexibility index (Phi) is 5.30. The molecule has 0 radical (unpaired) electrons. The van der Waals surface area contributed by atoms with Crippen molar-refractivity contribution in [1.29, 1.82) is 0 Å². The lowest BCUT2D eigenvalue weighted by Gasteiger charge is -2.11. The summed E-state index contributed by atoms with van der Waals surface area (Å²) < 4.78 is 1.88. The minimum Gasteiger partial charge on any atom is -0.393 e. The maximum Gasteiger partial charge on any atom is 0.138 e. The SMILES string of the molecule is CCCn1ncnc1CC(O)CCc1ccc(C)cc1. The molecule has 4 nitrogen and oxygen atoms in total. The first-order chi connectivity index (χ1) is 9.69. The van der Waals surface area contributed by atoms with Crippen molar-refractivity contribution in [3.63, 3.8) is 0 Å². The minimum atomic E-state index is -0.365. The second-order valence-corrected chi connectivity index (χ2v) is 5.28. The van der Waals surface area contributed by atoms with E-state index in [2.05, 4.69) is 48.2 Å². The number of nitrogens with zero attached hydrogens (tertiary/aromatic N) is 3. The topological polar surface area (TPSA) is 50.9 Å². The van der Waals surface area contributed by atoms with Crippen LogP contribution in [-0.4, -0.2) is 26.0 Å². The summed E-state index contributed by atoms with van der Waals surface area (Å²) in [4.78, 5) is 4.23. The second kappa shape index (κ2) is 7.20. The molecule has 1 heterocycles. The maximum absolute atomic E-state index is 10.1. The smallest absolute Gasteiger partial charge is 0.138 e. The highest BCUT2D eigenvalue weighted by Gasteiger charge is 2.11. The zero-order chi connectivity index (χ0) is 14.4. The number of aliphatic hydroxyl groups is 1. The maximum atomic E-state index is 10.1. The molecule has 2 aromatic rings. The van der Waals surface area contributed by atoms with Gasteiger partial charge in [0, 0.05) is 13.0 Å². The van der Waals surface area contributed by atoms with Gasteiger partial charge in [-0.2, -0.15) is 5.10 Å². The average Bonchev–Trinajstić information content (AvgIpc) is 2.86. The molecule has 1 atom stereocenters. The van der Waals surface area contributed by atoms with Crippen LogP contribution in [0.1, 0.15) is 36.7 Å². The van der Waals surface area contributed by atoms with Gasteiger partial charge >= 0.3 is 0 Å². The summed E-state index contributed by atoms with van der Waals surface area (Å²) in [6, 6.07) is 8.47. The van der Waals surface area contributed by atoms with Crippen LogP contribution >= 0.6 is 0 Å². The van der Waals surface area contributed by atoms with Crippen LogP contribution in [0.3, 0.4) is 0 Å². The number of rotatable bonds is 7. The zero-order valence-corrected chi connectivity index (χ0v) is 12.3. The lowest BCUT2D eigenvalue weighted by atomic mass is 10.0. The van der Waals surface area contributed by atoms with Crippen molar-refractivity contribution in [3.05, 3.63) is 47.5 Å². The van der Waals surface area contributed by atoms with Gasteiger partial charge in [-0.25, -0.2) is 4.98 Å². The molecular weight excluding hydrogens is 250 g/mol. The van der Waals surface area contributed by atoms with E-state index < -0.39 is 0 Å². The van der Waals surface area contributed by atoms with Crippen molar-refractivity contribution >= 4 is 0 Å². The quantitative estimate of drug-likeness (QED) is 0.843. The van der Waals surface area contributed by atoms with Crippen molar-refractivity contribution in [2.45, 2.75) is 52.2 Å². The van der Waals surface area contributed by atoms with Crippen molar-refractivity contribution in [2.75, 3.05) is 0 Å². The van der Waals surface area contributed by atoms with Crippen molar-refractivity contribution in [2.24, 2.45) is 0 Å². The molecule has 0 fully saturated rings. The van der Waals surface area contributed by atoms with E-state index >= 15 is 0 Å². The van der Waals surface area contributed by atoms with E-state index in [1.54, 1.807) is 6.33 Å². The van der Waals surface area contributed by atoms with E-state index in [1.165, 1.54) is 11.1 Å². The van der Waals surface area contributed by atoms with Crippen molar-refractivity contribution < 1.29 is 5.11 Å². The monoisotopic (exact) mass is 273 g/mol. The van der Waals surface area contributed by atoms with Crippen LogP contribution in [0.15, 0.2) is 30.6 Å². The fourth-order valence-electron chi connectivity index (χ4n) is 2.25. The van der Waals surface area contributed by atoms with Crippen LogP contribution in [0.2, 0.25) is 0 Å². The molecule has 2 rings (SSSR count). The number of aryl methyl sites for hydroxylation is 3. The Balaban J connectivity index is 1.84. The average molecular weight is 273 g/mol. The van der Waals surface area contributed by atoms with Gasteiger partial charge in [0.2, 0.25) is 0 Å². The molecule has 0 aliphatic heterocycles. The molecule has 1 unspecified atom stereocenters. The third-order valence-electron chi connectivity index (χ3n) is 3.44. The van der Waals surface area contributed by atoms with Gasteiger partial charge in [0.1, 0.15) is 12.2 Å². The van der Waals surface area contributed by atoms with Gasteiger partial charge in [0.15, 0.2) is 0 Å². The molecule has 108 valence electrons. The van der Waals surface area contributed by atoms with Crippen LogP contribution in [0.5, 0.6) is 0 Å². The van der Waals surface area contributed by atoms with Crippen LogP contribution in [0.4, 0.5) is 0 Å². The highest BCUT2D eigenvalue weighted by molar-refractivity contribution is 5.21. The predicted octanol–water partition coefficient (Wildman–Crippen LogP) is 2.53. The Morgan fingerprint density at radius 1 is 1.25 bits per heavy atom. The Hall–Kier alpha value is -1.68. The molecule has 20 heavy (non-hydrogen) atoms. The summed E-state index contributed by atoms with van der Waals surface area (Å²) in [5, 5.41) is 14.3. The van der Waals surface area contributed by atoms with Gasteiger partial charge in [-0.05, 0) is 31.7 Å². The highest BCUT2D eigenvalue weighted by Crippen LogP contribution is 2.10. The number of hydrogen-bond donors (Lipinski definition) is 1. The number of aromatic nitrogens is 3. The summed E-state index contributed by atoms with van der Waals surface area (Å²) in [6.45, 7) is 5.05. The van der Waals surface area contributed by atoms with Crippen LogP contribution in [-0.2, 0) is 19.4 Å². The second-order valence-electron chi connectivity index (χ2n) is 5.28. The van der Waals surface area contributed by atoms with Crippen LogP contribution < -0.4 is 0 Å². The highest BCUT2D eigenvalue weighted by atomic mass is 16.3. The van der Waals surface area contributed by atoms with E-state index in [1.807, 2.05) is 4.68 Å². The normalized spacial score (nSPS) is 12.6. The Labute approximate surface area is 120 Å².